The highest BCUT2D eigenvalue weighted by Crippen LogP contribution is 2.23. The number of ether oxygens (including phenoxy) is 2. The average molecular weight is 244 g/mol. The van der Waals surface area contributed by atoms with Crippen molar-refractivity contribution in [2.45, 2.75) is 19.1 Å². The van der Waals surface area contributed by atoms with Gasteiger partial charge in [-0.3, -0.25) is 4.98 Å². The molecule has 0 amide bonds. The lowest BCUT2D eigenvalue weighted by Crippen LogP contribution is -2.12. The predicted octanol–water partition coefficient (Wildman–Crippen LogP) is 2.12. The van der Waals surface area contributed by atoms with E-state index in [0.29, 0.717) is 13.2 Å². The highest BCUT2D eigenvalue weighted by molar-refractivity contribution is 5.92. The van der Waals surface area contributed by atoms with Crippen LogP contribution in [0.1, 0.15) is 12.0 Å². The number of nitrogens with zero attached hydrogens (tertiary/aromatic N) is 1. The molecule has 2 aromatic rings. The van der Waals surface area contributed by atoms with Gasteiger partial charge >= 0.3 is 0 Å². The molecular formula is C14H16N2O2. The molecule has 1 aromatic heterocycles. The Morgan fingerprint density at radius 1 is 1.39 bits per heavy atom. The number of aromatic nitrogens is 1. The number of hydrogen-bond donors (Lipinski definition) is 1. The fourth-order valence-electron chi connectivity index (χ4n) is 2.22. The first-order chi connectivity index (χ1) is 8.84. The predicted molar refractivity (Wildman–Crippen MR) is 70.2 cm³/mol. The standard InChI is InChI=1S/C14H16N2O2/c15-13-4-3-10(8-18-11-5-7-17-9-11)14-12(13)2-1-6-16-14/h1-4,6,11H,5,7-9,15H2. The fourth-order valence-corrected chi connectivity index (χ4v) is 2.22. The average Bonchev–Trinajstić information content (AvgIpc) is 2.92. The van der Waals surface area contributed by atoms with Gasteiger partial charge in [-0.05, 0) is 24.6 Å². The smallest absolute Gasteiger partial charge is 0.0835 e. The third kappa shape index (κ3) is 2.17. The molecule has 0 saturated carbocycles. The van der Waals surface area contributed by atoms with Gasteiger partial charge in [-0.2, -0.15) is 0 Å². The number of anilines is 1. The number of fused-ring (bicyclic) bond motifs is 1. The largest absolute Gasteiger partial charge is 0.398 e. The summed E-state index contributed by atoms with van der Waals surface area (Å²) in [5.74, 6) is 0. The zero-order valence-corrected chi connectivity index (χ0v) is 10.1. The molecule has 0 aliphatic carbocycles. The van der Waals surface area contributed by atoms with Crippen molar-refractivity contribution < 1.29 is 9.47 Å². The Balaban J connectivity index is 1.85. The lowest BCUT2D eigenvalue weighted by atomic mass is 10.1. The molecule has 0 spiro atoms. The SMILES string of the molecule is Nc1ccc(COC2CCOC2)c2ncccc12. The Morgan fingerprint density at radius 2 is 2.33 bits per heavy atom. The third-order valence-electron chi connectivity index (χ3n) is 3.25. The maximum Gasteiger partial charge on any atom is 0.0835 e. The number of pyridine rings is 1. The van der Waals surface area contributed by atoms with Crippen LogP contribution in [0, 0.1) is 0 Å². The number of rotatable bonds is 3. The molecule has 1 atom stereocenters. The summed E-state index contributed by atoms with van der Waals surface area (Å²) in [6.45, 7) is 2.05. The van der Waals surface area contributed by atoms with E-state index in [1.54, 1.807) is 6.20 Å². The normalized spacial score (nSPS) is 19.4. The first-order valence-corrected chi connectivity index (χ1v) is 6.16. The van der Waals surface area contributed by atoms with Gasteiger partial charge < -0.3 is 15.2 Å². The van der Waals surface area contributed by atoms with E-state index in [2.05, 4.69) is 4.98 Å². The van der Waals surface area contributed by atoms with Gasteiger partial charge in [-0.15, -0.1) is 0 Å². The molecule has 1 aliphatic rings. The third-order valence-corrected chi connectivity index (χ3v) is 3.25. The highest BCUT2D eigenvalue weighted by atomic mass is 16.5. The molecule has 3 rings (SSSR count). The van der Waals surface area contributed by atoms with Crippen LogP contribution in [-0.2, 0) is 16.1 Å². The summed E-state index contributed by atoms with van der Waals surface area (Å²) in [6, 6.07) is 7.78. The first-order valence-electron chi connectivity index (χ1n) is 6.16. The minimum absolute atomic E-state index is 0.210. The van der Waals surface area contributed by atoms with E-state index in [-0.39, 0.29) is 6.10 Å². The fraction of sp³-hybridized carbons (Fsp3) is 0.357. The van der Waals surface area contributed by atoms with E-state index in [1.807, 2.05) is 24.3 Å². The van der Waals surface area contributed by atoms with Gasteiger partial charge in [-0.25, -0.2) is 0 Å². The molecular weight excluding hydrogens is 228 g/mol. The zero-order chi connectivity index (χ0) is 12.4. The van der Waals surface area contributed by atoms with Crippen LogP contribution in [0.15, 0.2) is 30.5 Å². The van der Waals surface area contributed by atoms with Crippen LogP contribution in [0.4, 0.5) is 5.69 Å². The van der Waals surface area contributed by atoms with Crippen molar-refractivity contribution in [3.05, 3.63) is 36.0 Å². The van der Waals surface area contributed by atoms with Gasteiger partial charge in [-0.1, -0.05) is 6.07 Å². The summed E-state index contributed by atoms with van der Waals surface area (Å²) in [5, 5.41) is 0.987. The van der Waals surface area contributed by atoms with Crippen molar-refractivity contribution in [2.75, 3.05) is 18.9 Å². The van der Waals surface area contributed by atoms with E-state index >= 15 is 0 Å². The van der Waals surface area contributed by atoms with E-state index < -0.39 is 0 Å². The van der Waals surface area contributed by atoms with Gasteiger partial charge in [0.1, 0.15) is 0 Å². The van der Waals surface area contributed by atoms with Gasteiger partial charge in [0.05, 0.1) is 24.8 Å². The lowest BCUT2D eigenvalue weighted by molar-refractivity contribution is 0.0322. The summed E-state index contributed by atoms with van der Waals surface area (Å²) in [6.07, 6.45) is 2.96. The minimum atomic E-state index is 0.210. The maximum atomic E-state index is 5.94. The number of hydrogen-bond acceptors (Lipinski definition) is 4. The van der Waals surface area contributed by atoms with Gasteiger partial charge in [0, 0.05) is 29.4 Å². The first kappa shape index (κ1) is 11.4. The zero-order valence-electron chi connectivity index (χ0n) is 10.1. The number of nitrogens with two attached hydrogens (primary N) is 1. The Labute approximate surface area is 106 Å². The second kappa shape index (κ2) is 4.92. The van der Waals surface area contributed by atoms with E-state index in [0.717, 1.165) is 35.2 Å². The summed E-state index contributed by atoms with van der Waals surface area (Å²) in [5.41, 5.74) is 8.70. The van der Waals surface area contributed by atoms with Crippen molar-refractivity contribution in [1.29, 1.82) is 0 Å². The molecule has 4 heteroatoms. The van der Waals surface area contributed by atoms with Crippen LogP contribution in [0.25, 0.3) is 10.9 Å². The molecule has 0 radical (unpaired) electrons. The molecule has 1 aromatic carbocycles. The lowest BCUT2D eigenvalue weighted by Gasteiger charge is -2.12. The van der Waals surface area contributed by atoms with Crippen LogP contribution in [-0.4, -0.2) is 24.3 Å². The summed E-state index contributed by atoms with van der Waals surface area (Å²) >= 11 is 0. The topological polar surface area (TPSA) is 57.4 Å². The second-order valence-corrected chi connectivity index (χ2v) is 4.51. The Bertz CT molecular complexity index is 550. The summed E-state index contributed by atoms with van der Waals surface area (Å²) < 4.78 is 11.1. The van der Waals surface area contributed by atoms with Crippen LogP contribution in [0.2, 0.25) is 0 Å². The highest BCUT2D eigenvalue weighted by Gasteiger charge is 2.16. The van der Waals surface area contributed by atoms with Crippen LogP contribution in [0.5, 0.6) is 0 Å². The summed E-state index contributed by atoms with van der Waals surface area (Å²) in [4.78, 5) is 4.40. The Morgan fingerprint density at radius 3 is 3.17 bits per heavy atom. The quantitative estimate of drug-likeness (QED) is 0.840. The Hall–Kier alpha value is -1.65. The van der Waals surface area contributed by atoms with Crippen molar-refractivity contribution in [2.24, 2.45) is 0 Å². The number of nitrogen functional groups attached to an aromatic ring is 1. The maximum absolute atomic E-state index is 5.94. The van der Waals surface area contributed by atoms with E-state index in [1.165, 1.54) is 0 Å². The van der Waals surface area contributed by atoms with Gasteiger partial charge in [0.25, 0.3) is 0 Å². The molecule has 2 heterocycles. The second-order valence-electron chi connectivity index (χ2n) is 4.51. The van der Waals surface area contributed by atoms with Crippen LogP contribution < -0.4 is 5.73 Å². The van der Waals surface area contributed by atoms with Crippen LogP contribution >= 0.6 is 0 Å². The molecule has 1 saturated heterocycles. The number of benzene rings is 1. The summed E-state index contributed by atoms with van der Waals surface area (Å²) in [7, 11) is 0. The molecule has 1 unspecified atom stereocenters. The van der Waals surface area contributed by atoms with Gasteiger partial charge in [0.2, 0.25) is 0 Å². The monoisotopic (exact) mass is 244 g/mol. The Kier molecular flexibility index (Phi) is 3.13. The van der Waals surface area contributed by atoms with E-state index in [9.17, 15) is 0 Å². The van der Waals surface area contributed by atoms with Gasteiger partial charge in [0.15, 0.2) is 0 Å². The van der Waals surface area contributed by atoms with Crippen molar-refractivity contribution >= 4 is 16.6 Å². The van der Waals surface area contributed by atoms with Crippen molar-refractivity contribution in [3.63, 3.8) is 0 Å². The molecule has 1 fully saturated rings. The molecule has 1 aliphatic heterocycles. The van der Waals surface area contributed by atoms with Crippen LogP contribution in [0.3, 0.4) is 0 Å². The molecule has 94 valence electrons. The molecule has 2 N–H and O–H groups in total. The molecule has 4 nitrogen and oxygen atoms in total. The van der Waals surface area contributed by atoms with Crippen molar-refractivity contribution in [1.82, 2.24) is 4.98 Å². The molecule has 18 heavy (non-hydrogen) atoms. The van der Waals surface area contributed by atoms with Crippen molar-refractivity contribution in [3.8, 4) is 0 Å². The van der Waals surface area contributed by atoms with E-state index in [4.69, 9.17) is 15.2 Å². The minimum Gasteiger partial charge on any atom is -0.398 e. The molecule has 0 bridgehead atoms.